The van der Waals surface area contributed by atoms with Gasteiger partial charge in [0.05, 0.1) is 6.10 Å². The lowest BCUT2D eigenvalue weighted by molar-refractivity contribution is 0.0914. The minimum atomic E-state index is -0.797. The molecular formula is C15H15N3O3S2. The molecule has 0 saturated heterocycles. The van der Waals surface area contributed by atoms with Crippen LogP contribution in [0.1, 0.15) is 32.6 Å². The minimum Gasteiger partial charge on any atom is -0.387 e. The fraction of sp³-hybridized carbons (Fsp3) is 0.267. The Kier molecular flexibility index (Phi) is 4.29. The number of aliphatic hydroxyl groups excluding tert-OH is 1. The van der Waals surface area contributed by atoms with Crippen LogP contribution in [0.4, 0.5) is 0 Å². The Balaban J connectivity index is 1.82. The van der Waals surface area contributed by atoms with Crippen LogP contribution < -0.4 is 10.9 Å². The van der Waals surface area contributed by atoms with E-state index >= 15 is 0 Å². The van der Waals surface area contributed by atoms with E-state index in [0.717, 1.165) is 16.1 Å². The number of aryl methyl sites for hydroxylation is 2. The molecule has 3 heterocycles. The first-order chi connectivity index (χ1) is 11.0. The van der Waals surface area contributed by atoms with E-state index in [-0.39, 0.29) is 17.7 Å². The summed E-state index contributed by atoms with van der Waals surface area (Å²) in [5.74, 6) is -0.533. The van der Waals surface area contributed by atoms with E-state index in [2.05, 4.69) is 10.3 Å². The molecule has 2 N–H and O–H groups in total. The van der Waals surface area contributed by atoms with Crippen molar-refractivity contribution in [2.24, 2.45) is 0 Å². The second-order valence-electron chi connectivity index (χ2n) is 5.12. The monoisotopic (exact) mass is 349 g/mol. The molecule has 0 aliphatic rings. The smallest absolute Gasteiger partial charge is 0.271 e. The minimum absolute atomic E-state index is 0.0269. The number of nitrogens with one attached hydrogen (secondary N) is 1. The van der Waals surface area contributed by atoms with Crippen LogP contribution in [0.15, 0.2) is 27.8 Å². The van der Waals surface area contributed by atoms with Gasteiger partial charge in [0.15, 0.2) is 4.96 Å². The first-order valence-electron chi connectivity index (χ1n) is 6.95. The second-order valence-corrected chi connectivity index (χ2v) is 7.08. The highest BCUT2D eigenvalue weighted by molar-refractivity contribution is 7.17. The first-order valence-corrected chi connectivity index (χ1v) is 8.71. The fourth-order valence-electron chi connectivity index (χ4n) is 2.20. The van der Waals surface area contributed by atoms with E-state index in [9.17, 15) is 14.7 Å². The van der Waals surface area contributed by atoms with Crippen LogP contribution in [-0.4, -0.2) is 26.9 Å². The summed E-state index contributed by atoms with van der Waals surface area (Å²) in [6.45, 7) is 3.77. The fourth-order valence-corrected chi connectivity index (χ4v) is 3.84. The Bertz CT molecular complexity index is 912. The molecule has 8 heteroatoms. The van der Waals surface area contributed by atoms with Crippen LogP contribution in [0.2, 0.25) is 0 Å². The van der Waals surface area contributed by atoms with Gasteiger partial charge in [-0.1, -0.05) is 0 Å². The molecule has 0 aliphatic carbocycles. The normalized spacial score (nSPS) is 12.5. The van der Waals surface area contributed by atoms with E-state index in [1.807, 2.05) is 24.6 Å². The van der Waals surface area contributed by atoms with Gasteiger partial charge in [-0.15, -0.1) is 11.3 Å². The van der Waals surface area contributed by atoms with E-state index in [1.54, 1.807) is 6.07 Å². The third-order valence-electron chi connectivity index (χ3n) is 3.65. The van der Waals surface area contributed by atoms with Gasteiger partial charge in [0.2, 0.25) is 0 Å². The summed E-state index contributed by atoms with van der Waals surface area (Å²) in [5.41, 5.74) is 1.11. The maximum absolute atomic E-state index is 12.5. The van der Waals surface area contributed by atoms with Gasteiger partial charge in [0.1, 0.15) is 5.56 Å². The molecule has 0 saturated carbocycles. The number of thiazole rings is 1. The van der Waals surface area contributed by atoms with Gasteiger partial charge in [-0.2, -0.15) is 11.3 Å². The van der Waals surface area contributed by atoms with Crippen molar-refractivity contribution in [2.45, 2.75) is 20.0 Å². The lowest BCUT2D eigenvalue weighted by atomic mass is 10.2. The van der Waals surface area contributed by atoms with E-state index in [1.165, 1.54) is 33.3 Å². The number of fused-ring (bicyclic) bond motifs is 1. The third kappa shape index (κ3) is 2.92. The zero-order chi connectivity index (χ0) is 16.6. The van der Waals surface area contributed by atoms with Gasteiger partial charge in [0.25, 0.3) is 11.5 Å². The zero-order valence-electron chi connectivity index (χ0n) is 12.6. The third-order valence-corrected chi connectivity index (χ3v) is 5.42. The van der Waals surface area contributed by atoms with Crippen molar-refractivity contribution in [3.8, 4) is 0 Å². The maximum Gasteiger partial charge on any atom is 0.271 e. The molecule has 6 nitrogen and oxygen atoms in total. The van der Waals surface area contributed by atoms with Gasteiger partial charge in [0, 0.05) is 23.3 Å². The quantitative estimate of drug-likeness (QED) is 0.753. The summed E-state index contributed by atoms with van der Waals surface area (Å²) in [4.78, 5) is 30.5. The summed E-state index contributed by atoms with van der Waals surface area (Å²) >= 11 is 2.88. The molecule has 0 bridgehead atoms. The van der Waals surface area contributed by atoms with Crippen LogP contribution in [0.5, 0.6) is 0 Å². The molecule has 1 atom stereocenters. The van der Waals surface area contributed by atoms with Crippen LogP contribution in [-0.2, 0) is 0 Å². The number of nitrogens with zero attached hydrogens (tertiary/aromatic N) is 2. The molecule has 3 rings (SSSR count). The number of thiophene rings is 1. The van der Waals surface area contributed by atoms with Crippen LogP contribution in [0, 0.1) is 13.8 Å². The molecule has 0 aromatic carbocycles. The summed E-state index contributed by atoms with van der Waals surface area (Å²) in [6, 6.07) is 1.79. The molecule has 3 aromatic heterocycles. The highest BCUT2D eigenvalue weighted by atomic mass is 32.1. The predicted molar refractivity (Wildman–Crippen MR) is 90.4 cm³/mol. The van der Waals surface area contributed by atoms with Crippen molar-refractivity contribution in [1.82, 2.24) is 14.7 Å². The highest BCUT2D eigenvalue weighted by Crippen LogP contribution is 2.18. The summed E-state index contributed by atoms with van der Waals surface area (Å²) < 4.78 is 1.45. The van der Waals surface area contributed by atoms with E-state index in [0.29, 0.717) is 4.96 Å². The van der Waals surface area contributed by atoms with Crippen LogP contribution in [0.3, 0.4) is 0 Å². The largest absolute Gasteiger partial charge is 0.387 e. The van der Waals surface area contributed by atoms with Gasteiger partial charge >= 0.3 is 0 Å². The molecule has 3 aromatic rings. The van der Waals surface area contributed by atoms with Crippen molar-refractivity contribution in [1.29, 1.82) is 0 Å². The summed E-state index contributed by atoms with van der Waals surface area (Å²) in [5, 5.41) is 16.2. The molecule has 1 amide bonds. The second kappa shape index (κ2) is 6.23. The standard InChI is InChI=1S/C15H15N3O3S2/c1-8-9(2)23-15-17-5-11(14(21)18(8)15)13(20)16-6-12(19)10-3-4-22-7-10/h3-5,7,12,19H,6H2,1-2H3,(H,16,20). The average Bonchev–Trinajstić information content (AvgIpc) is 3.15. The molecule has 0 radical (unpaired) electrons. The van der Waals surface area contributed by atoms with Crippen molar-refractivity contribution < 1.29 is 9.90 Å². The number of amides is 1. The number of aromatic nitrogens is 2. The summed E-state index contributed by atoms with van der Waals surface area (Å²) in [7, 11) is 0. The van der Waals surface area contributed by atoms with Crippen molar-refractivity contribution in [3.05, 3.63) is 55.1 Å². The molecular weight excluding hydrogens is 334 g/mol. The lowest BCUT2D eigenvalue weighted by Crippen LogP contribution is -2.34. The number of hydrogen-bond acceptors (Lipinski definition) is 6. The van der Waals surface area contributed by atoms with Gasteiger partial charge in [-0.25, -0.2) is 4.98 Å². The Morgan fingerprint density at radius 1 is 1.48 bits per heavy atom. The SMILES string of the molecule is Cc1sc2ncc(C(=O)NCC(O)c3ccsc3)c(=O)n2c1C. The molecule has 0 fully saturated rings. The first kappa shape index (κ1) is 15.9. The summed E-state index contributed by atoms with van der Waals surface area (Å²) in [6.07, 6.45) is 0.495. The van der Waals surface area contributed by atoms with Gasteiger partial charge < -0.3 is 10.4 Å². The van der Waals surface area contributed by atoms with Crippen LogP contribution in [0.25, 0.3) is 4.96 Å². The average molecular weight is 349 g/mol. The Hall–Kier alpha value is -2.03. The molecule has 1 unspecified atom stereocenters. The van der Waals surface area contributed by atoms with Gasteiger partial charge in [-0.3, -0.25) is 14.0 Å². The number of hydrogen-bond donors (Lipinski definition) is 2. The predicted octanol–water partition coefficient (Wildman–Crippen LogP) is 1.90. The van der Waals surface area contributed by atoms with Crippen LogP contribution >= 0.6 is 22.7 Å². The Morgan fingerprint density at radius 3 is 2.96 bits per heavy atom. The number of carbonyl (C=O) groups is 1. The van der Waals surface area contributed by atoms with E-state index < -0.39 is 12.0 Å². The highest BCUT2D eigenvalue weighted by Gasteiger charge is 2.17. The lowest BCUT2D eigenvalue weighted by Gasteiger charge is -2.10. The van der Waals surface area contributed by atoms with Gasteiger partial charge in [-0.05, 0) is 36.2 Å². The number of rotatable bonds is 4. The number of carbonyl (C=O) groups excluding carboxylic acids is 1. The zero-order valence-corrected chi connectivity index (χ0v) is 14.2. The van der Waals surface area contributed by atoms with Crippen molar-refractivity contribution in [3.63, 3.8) is 0 Å². The Labute approximate surface area is 140 Å². The molecule has 0 aliphatic heterocycles. The van der Waals surface area contributed by atoms with Crippen molar-refractivity contribution >= 4 is 33.5 Å². The topological polar surface area (TPSA) is 83.7 Å². The number of aliphatic hydroxyl groups is 1. The molecule has 0 spiro atoms. The molecule has 120 valence electrons. The molecule has 23 heavy (non-hydrogen) atoms. The van der Waals surface area contributed by atoms with E-state index in [4.69, 9.17) is 0 Å². The Morgan fingerprint density at radius 2 is 2.26 bits per heavy atom. The maximum atomic E-state index is 12.5. The van der Waals surface area contributed by atoms with Crippen molar-refractivity contribution in [2.75, 3.05) is 6.54 Å².